The Hall–Kier alpha value is -2.22. The third-order valence-corrected chi connectivity index (χ3v) is 3.61. The molecule has 1 aromatic carbocycles. The smallest absolute Gasteiger partial charge is 0.285 e. The molecule has 1 saturated heterocycles. The molecule has 1 unspecified atom stereocenters. The van der Waals surface area contributed by atoms with E-state index in [0.29, 0.717) is 19.5 Å². The number of amides is 1. The summed E-state index contributed by atoms with van der Waals surface area (Å²) in [5, 5.41) is 22.7. The third kappa shape index (κ3) is 2.94. The number of nitrogens with zero attached hydrogens (tertiary/aromatic N) is 2. The van der Waals surface area contributed by atoms with Crippen LogP contribution in [0.3, 0.4) is 0 Å². The van der Waals surface area contributed by atoms with Crippen molar-refractivity contribution in [2.24, 2.45) is 5.92 Å². The molecule has 0 saturated carbocycles. The summed E-state index contributed by atoms with van der Waals surface area (Å²) in [6.45, 7) is 0.739. The number of carbonyl (C=O) groups is 1. The van der Waals surface area contributed by atoms with Gasteiger partial charge in [0.1, 0.15) is 5.56 Å². The highest BCUT2D eigenvalue weighted by Crippen LogP contribution is 2.28. The highest BCUT2D eigenvalue weighted by molar-refractivity contribution is 5.99. The zero-order valence-electron chi connectivity index (χ0n) is 11.5. The van der Waals surface area contributed by atoms with Crippen LogP contribution in [0.25, 0.3) is 0 Å². The Morgan fingerprint density at radius 3 is 2.86 bits per heavy atom. The second-order valence-electron chi connectivity index (χ2n) is 4.94. The first-order valence-corrected chi connectivity index (χ1v) is 6.53. The summed E-state index contributed by atoms with van der Waals surface area (Å²) in [5.41, 5.74) is -0.671. The quantitative estimate of drug-likeness (QED) is 0.643. The maximum absolute atomic E-state index is 13.6. The van der Waals surface area contributed by atoms with Gasteiger partial charge in [-0.15, -0.1) is 0 Å². The lowest BCUT2D eigenvalue weighted by molar-refractivity contribution is -0.385. The second kappa shape index (κ2) is 6.04. The van der Waals surface area contributed by atoms with Gasteiger partial charge in [0.25, 0.3) is 11.6 Å². The minimum atomic E-state index is -0.782. The van der Waals surface area contributed by atoms with Crippen molar-refractivity contribution in [3.8, 4) is 0 Å². The first kappa shape index (κ1) is 15.2. The molecule has 0 radical (unpaired) electrons. The molecular formula is C13H16FN3O4. The van der Waals surface area contributed by atoms with E-state index in [0.717, 1.165) is 12.1 Å². The number of hydrogen-bond donors (Lipinski definition) is 2. The Labute approximate surface area is 120 Å². The van der Waals surface area contributed by atoms with Crippen molar-refractivity contribution in [2.75, 3.05) is 32.1 Å². The first-order valence-electron chi connectivity index (χ1n) is 6.53. The largest absolute Gasteiger partial charge is 0.396 e. The van der Waals surface area contributed by atoms with Crippen LogP contribution in [0.5, 0.6) is 0 Å². The molecule has 1 atom stereocenters. The van der Waals surface area contributed by atoms with E-state index < -0.39 is 22.3 Å². The minimum Gasteiger partial charge on any atom is -0.396 e. The number of aliphatic hydroxyl groups excluding tert-OH is 1. The van der Waals surface area contributed by atoms with Crippen molar-refractivity contribution >= 4 is 17.3 Å². The number of rotatable bonds is 4. The van der Waals surface area contributed by atoms with Crippen molar-refractivity contribution in [3.05, 3.63) is 33.6 Å². The summed E-state index contributed by atoms with van der Waals surface area (Å²) in [6.07, 6.45) is 0.649. The van der Waals surface area contributed by atoms with Crippen LogP contribution >= 0.6 is 0 Å². The number of anilines is 1. The highest BCUT2D eigenvalue weighted by atomic mass is 19.1. The highest BCUT2D eigenvalue weighted by Gasteiger charge is 2.31. The lowest BCUT2D eigenvalue weighted by atomic mass is 10.1. The van der Waals surface area contributed by atoms with Crippen molar-refractivity contribution in [2.45, 2.75) is 6.42 Å². The zero-order chi connectivity index (χ0) is 15.6. The van der Waals surface area contributed by atoms with E-state index in [4.69, 9.17) is 5.11 Å². The molecule has 2 N–H and O–H groups in total. The molecule has 21 heavy (non-hydrogen) atoms. The van der Waals surface area contributed by atoms with Crippen LogP contribution in [0.4, 0.5) is 15.8 Å². The Morgan fingerprint density at radius 1 is 1.62 bits per heavy atom. The lowest BCUT2D eigenvalue weighted by Gasteiger charge is -2.17. The van der Waals surface area contributed by atoms with Gasteiger partial charge in [-0.2, -0.15) is 0 Å². The molecule has 1 heterocycles. The summed E-state index contributed by atoms with van der Waals surface area (Å²) in [5.74, 6) is -1.32. The number of nitro benzene ring substituents is 1. The van der Waals surface area contributed by atoms with Gasteiger partial charge in [-0.3, -0.25) is 14.9 Å². The van der Waals surface area contributed by atoms with Crippen LogP contribution in [0.2, 0.25) is 0 Å². The molecule has 0 aromatic heterocycles. The molecule has 8 heteroatoms. The number of likely N-dealkylation sites (tertiary alicyclic amines) is 1. The second-order valence-corrected chi connectivity index (χ2v) is 4.94. The van der Waals surface area contributed by atoms with Gasteiger partial charge in [-0.05, 0) is 12.5 Å². The Morgan fingerprint density at radius 2 is 2.33 bits per heavy atom. The van der Waals surface area contributed by atoms with Crippen molar-refractivity contribution in [3.63, 3.8) is 0 Å². The Bertz CT molecular complexity index is 579. The number of benzene rings is 1. The number of carbonyl (C=O) groups excluding carboxylic acids is 1. The summed E-state index contributed by atoms with van der Waals surface area (Å²) in [4.78, 5) is 24.1. The summed E-state index contributed by atoms with van der Waals surface area (Å²) < 4.78 is 13.6. The average molecular weight is 297 g/mol. The van der Waals surface area contributed by atoms with E-state index in [1.807, 2.05) is 0 Å². The molecule has 1 aliphatic rings. The standard InChI is InChI=1S/C13H16FN3O4/c1-15-11-4-9(12(17(20)21)5-10(11)14)13(19)16-3-2-8(6-16)7-18/h4-5,8,15,18H,2-3,6-7H2,1H3. The van der Waals surface area contributed by atoms with Crippen molar-refractivity contribution < 1.29 is 19.2 Å². The van der Waals surface area contributed by atoms with Crippen LogP contribution in [0.1, 0.15) is 16.8 Å². The van der Waals surface area contributed by atoms with Gasteiger partial charge in [0, 0.05) is 32.7 Å². The molecule has 2 rings (SSSR count). The summed E-state index contributed by atoms with van der Waals surface area (Å²) in [6, 6.07) is 1.90. The van der Waals surface area contributed by atoms with Crippen LogP contribution in [-0.4, -0.2) is 47.6 Å². The monoisotopic (exact) mass is 297 g/mol. The van der Waals surface area contributed by atoms with E-state index in [1.165, 1.54) is 11.9 Å². The van der Waals surface area contributed by atoms with Gasteiger partial charge in [-0.25, -0.2) is 4.39 Å². The van der Waals surface area contributed by atoms with Gasteiger partial charge in [0.2, 0.25) is 0 Å². The van der Waals surface area contributed by atoms with Gasteiger partial charge in [0.15, 0.2) is 5.82 Å². The first-order chi connectivity index (χ1) is 9.97. The van der Waals surface area contributed by atoms with Gasteiger partial charge >= 0.3 is 0 Å². The minimum absolute atomic E-state index is 0.0165. The fourth-order valence-electron chi connectivity index (χ4n) is 2.41. The van der Waals surface area contributed by atoms with E-state index in [-0.39, 0.29) is 23.8 Å². The summed E-state index contributed by atoms with van der Waals surface area (Å²) in [7, 11) is 1.47. The molecule has 0 bridgehead atoms. The Kier molecular flexibility index (Phi) is 4.37. The van der Waals surface area contributed by atoms with E-state index >= 15 is 0 Å². The van der Waals surface area contributed by atoms with Gasteiger partial charge in [0.05, 0.1) is 16.7 Å². The van der Waals surface area contributed by atoms with Crippen LogP contribution < -0.4 is 5.32 Å². The number of nitrogens with one attached hydrogen (secondary N) is 1. The van der Waals surface area contributed by atoms with Crippen molar-refractivity contribution in [1.82, 2.24) is 4.90 Å². The molecular weight excluding hydrogens is 281 g/mol. The van der Waals surface area contributed by atoms with Gasteiger partial charge in [-0.1, -0.05) is 0 Å². The topological polar surface area (TPSA) is 95.7 Å². The van der Waals surface area contributed by atoms with E-state index in [9.17, 15) is 19.3 Å². The normalized spacial score (nSPS) is 17.9. The van der Waals surface area contributed by atoms with Crippen LogP contribution in [0, 0.1) is 21.8 Å². The van der Waals surface area contributed by atoms with E-state index in [2.05, 4.69) is 5.32 Å². The van der Waals surface area contributed by atoms with Crippen molar-refractivity contribution in [1.29, 1.82) is 0 Å². The number of halogens is 1. The molecule has 1 fully saturated rings. The SMILES string of the molecule is CNc1cc(C(=O)N2CCC(CO)C2)c([N+](=O)[O-])cc1F. The molecule has 7 nitrogen and oxygen atoms in total. The van der Waals surface area contributed by atoms with E-state index in [1.54, 1.807) is 0 Å². The summed E-state index contributed by atoms with van der Waals surface area (Å²) >= 11 is 0. The molecule has 1 amide bonds. The third-order valence-electron chi connectivity index (χ3n) is 3.61. The average Bonchev–Trinajstić information content (AvgIpc) is 2.95. The fourth-order valence-corrected chi connectivity index (χ4v) is 2.41. The molecule has 1 aromatic rings. The zero-order valence-corrected chi connectivity index (χ0v) is 11.5. The number of hydrogen-bond acceptors (Lipinski definition) is 5. The van der Waals surface area contributed by atoms with Crippen LogP contribution in [0.15, 0.2) is 12.1 Å². The molecule has 0 aliphatic carbocycles. The van der Waals surface area contributed by atoms with Crippen LogP contribution in [-0.2, 0) is 0 Å². The molecule has 1 aliphatic heterocycles. The number of nitro groups is 1. The fraction of sp³-hybridized carbons (Fsp3) is 0.462. The lowest BCUT2D eigenvalue weighted by Crippen LogP contribution is -2.29. The predicted molar refractivity (Wildman–Crippen MR) is 73.7 cm³/mol. The molecule has 114 valence electrons. The molecule has 0 spiro atoms. The predicted octanol–water partition coefficient (Wildman–Crippen LogP) is 1.23. The maximum atomic E-state index is 13.6. The van der Waals surface area contributed by atoms with Gasteiger partial charge < -0.3 is 15.3 Å². The Balaban J connectivity index is 2.37. The maximum Gasteiger partial charge on any atom is 0.285 e. The number of aliphatic hydroxyl groups is 1.